The van der Waals surface area contributed by atoms with E-state index in [1.165, 1.54) is 12.7 Å². The van der Waals surface area contributed by atoms with Gasteiger partial charge in [-0.2, -0.15) is 0 Å². The summed E-state index contributed by atoms with van der Waals surface area (Å²) < 4.78 is 4.89. The van der Waals surface area contributed by atoms with Gasteiger partial charge in [0, 0.05) is 0 Å². The van der Waals surface area contributed by atoms with Crippen molar-refractivity contribution in [3.8, 4) is 0 Å². The Kier molecular flexibility index (Phi) is 2.48. The molecule has 1 fully saturated rings. The summed E-state index contributed by atoms with van der Waals surface area (Å²) in [6, 6.07) is 0. The lowest BCUT2D eigenvalue weighted by molar-refractivity contribution is -0.185. The van der Waals surface area contributed by atoms with Crippen molar-refractivity contribution in [3.63, 3.8) is 0 Å². The molecule has 3 nitrogen and oxygen atoms in total. The van der Waals surface area contributed by atoms with Gasteiger partial charge >= 0.3 is 5.97 Å². The number of hydrogen-bond donors (Lipinski definition) is 1. The summed E-state index contributed by atoms with van der Waals surface area (Å²) in [5, 5.41) is 10.9. The summed E-state index contributed by atoms with van der Waals surface area (Å²) in [6.45, 7) is 8.20. The second-order valence-electron chi connectivity index (χ2n) is 6.56. The highest BCUT2D eigenvalue weighted by molar-refractivity contribution is 5.79. The number of fused-ring (bicyclic) bond motifs is 2. The number of aliphatic hydroxyl groups is 1. The minimum Gasteiger partial charge on any atom is -0.469 e. The first-order chi connectivity index (χ1) is 7.66. The van der Waals surface area contributed by atoms with Crippen molar-refractivity contribution in [2.45, 2.75) is 46.1 Å². The largest absolute Gasteiger partial charge is 0.469 e. The summed E-state index contributed by atoms with van der Waals surface area (Å²) in [7, 11) is 1.39. The van der Waals surface area contributed by atoms with Gasteiger partial charge in [-0.05, 0) is 38.0 Å². The Hall–Kier alpha value is -0.830. The molecule has 0 aromatic heterocycles. The van der Waals surface area contributed by atoms with Gasteiger partial charge in [-0.25, -0.2) is 0 Å². The van der Waals surface area contributed by atoms with E-state index in [0.717, 1.165) is 0 Å². The van der Waals surface area contributed by atoms with Crippen molar-refractivity contribution >= 4 is 5.97 Å². The van der Waals surface area contributed by atoms with E-state index in [1.54, 1.807) is 0 Å². The van der Waals surface area contributed by atoms with Crippen LogP contribution in [0.4, 0.5) is 0 Å². The number of hydrogen-bond acceptors (Lipinski definition) is 3. The first-order valence-corrected chi connectivity index (χ1v) is 6.16. The Balaban J connectivity index is 2.51. The number of allylic oxidation sites excluding steroid dienone is 1. The van der Waals surface area contributed by atoms with Crippen LogP contribution < -0.4 is 0 Å². The minimum absolute atomic E-state index is 0.0428. The van der Waals surface area contributed by atoms with Gasteiger partial charge in [0.2, 0.25) is 0 Å². The van der Waals surface area contributed by atoms with Gasteiger partial charge in [0.15, 0.2) is 0 Å². The quantitative estimate of drug-likeness (QED) is 0.563. The zero-order chi connectivity index (χ0) is 13.1. The Morgan fingerprint density at radius 3 is 2.47 bits per heavy atom. The third-order valence-electron chi connectivity index (χ3n) is 4.89. The molecule has 0 aromatic rings. The predicted molar refractivity (Wildman–Crippen MR) is 65.3 cm³/mol. The monoisotopic (exact) mass is 238 g/mol. The number of esters is 1. The fourth-order valence-corrected chi connectivity index (χ4v) is 3.82. The van der Waals surface area contributed by atoms with Crippen LogP contribution in [0.3, 0.4) is 0 Å². The molecule has 0 radical (unpaired) electrons. The highest BCUT2D eigenvalue weighted by Crippen LogP contribution is 2.61. The van der Waals surface area contributed by atoms with Gasteiger partial charge in [-0.3, -0.25) is 4.79 Å². The Bertz CT molecular complexity index is 396. The molecule has 3 aliphatic carbocycles. The fraction of sp³-hybridized carbons (Fsp3) is 0.786. The number of rotatable bonds is 1. The van der Waals surface area contributed by atoms with E-state index in [2.05, 4.69) is 13.8 Å². The normalized spacial score (nSPS) is 43.2. The van der Waals surface area contributed by atoms with Crippen LogP contribution in [-0.2, 0) is 9.53 Å². The highest BCUT2D eigenvalue weighted by Gasteiger charge is 2.63. The molecule has 0 aromatic carbocycles. The zero-order valence-electron chi connectivity index (χ0n) is 11.3. The second kappa shape index (κ2) is 3.35. The SMILES string of the molecule is COC(=O)[C@]1(C)C[C@H]2C(C)=C[C@]1(O)CC2(C)C. The summed E-state index contributed by atoms with van der Waals surface area (Å²) in [5.74, 6) is 0.0462. The van der Waals surface area contributed by atoms with Crippen LogP contribution in [0.15, 0.2) is 11.6 Å². The minimum atomic E-state index is -1.07. The van der Waals surface area contributed by atoms with Crippen molar-refractivity contribution in [1.29, 1.82) is 0 Å². The molecule has 3 heteroatoms. The molecule has 3 aliphatic rings. The molecule has 0 aliphatic heterocycles. The maximum Gasteiger partial charge on any atom is 0.314 e. The van der Waals surface area contributed by atoms with E-state index in [-0.39, 0.29) is 11.4 Å². The molecule has 0 saturated heterocycles. The summed E-state index contributed by atoms with van der Waals surface area (Å²) in [6.07, 6.45) is 3.17. The molecule has 17 heavy (non-hydrogen) atoms. The number of carbonyl (C=O) groups is 1. The Morgan fingerprint density at radius 1 is 1.47 bits per heavy atom. The third-order valence-corrected chi connectivity index (χ3v) is 4.89. The standard InChI is InChI=1S/C14H22O3/c1-9-6-14(16)8-12(2,3)10(9)7-13(14,4)11(15)17-5/h6,10,16H,7-8H2,1-5H3/t10-,13-,14-/m0/s1. The van der Waals surface area contributed by atoms with Crippen LogP contribution in [0.2, 0.25) is 0 Å². The molecule has 0 spiro atoms. The summed E-state index contributed by atoms with van der Waals surface area (Å²) in [5.41, 5.74) is -0.629. The molecule has 3 rings (SSSR count). The van der Waals surface area contributed by atoms with Crippen LogP contribution in [0.1, 0.15) is 40.5 Å². The molecule has 0 heterocycles. The topological polar surface area (TPSA) is 46.5 Å². The van der Waals surface area contributed by atoms with Gasteiger partial charge in [0.1, 0.15) is 0 Å². The van der Waals surface area contributed by atoms with E-state index >= 15 is 0 Å². The average Bonchev–Trinajstić information content (AvgIpc) is 2.19. The van der Waals surface area contributed by atoms with E-state index in [4.69, 9.17) is 4.74 Å². The van der Waals surface area contributed by atoms with Crippen LogP contribution >= 0.6 is 0 Å². The van der Waals surface area contributed by atoms with Gasteiger partial charge in [0.25, 0.3) is 0 Å². The van der Waals surface area contributed by atoms with Gasteiger partial charge in [-0.1, -0.05) is 25.5 Å². The molecule has 2 bridgehead atoms. The van der Waals surface area contributed by atoms with Crippen molar-refractivity contribution in [2.24, 2.45) is 16.7 Å². The number of carbonyl (C=O) groups excluding carboxylic acids is 1. The molecule has 1 N–H and O–H groups in total. The van der Waals surface area contributed by atoms with Crippen molar-refractivity contribution in [1.82, 2.24) is 0 Å². The van der Waals surface area contributed by atoms with Crippen molar-refractivity contribution < 1.29 is 14.6 Å². The van der Waals surface area contributed by atoms with Gasteiger partial charge < -0.3 is 9.84 Å². The van der Waals surface area contributed by atoms with Crippen LogP contribution in [0, 0.1) is 16.7 Å². The third kappa shape index (κ3) is 1.48. The Labute approximate surface area is 103 Å². The maximum atomic E-state index is 12.0. The lowest BCUT2D eigenvalue weighted by Gasteiger charge is -2.58. The van der Waals surface area contributed by atoms with Gasteiger partial charge in [0.05, 0.1) is 18.1 Å². The summed E-state index contributed by atoms with van der Waals surface area (Å²) >= 11 is 0. The molecule has 0 unspecified atom stereocenters. The molecule has 96 valence electrons. The maximum absolute atomic E-state index is 12.0. The number of ether oxygens (including phenoxy) is 1. The van der Waals surface area contributed by atoms with Crippen LogP contribution in [-0.4, -0.2) is 23.8 Å². The first-order valence-electron chi connectivity index (χ1n) is 6.16. The van der Waals surface area contributed by atoms with E-state index < -0.39 is 11.0 Å². The first kappa shape index (κ1) is 12.6. The van der Waals surface area contributed by atoms with E-state index in [0.29, 0.717) is 18.8 Å². The smallest absolute Gasteiger partial charge is 0.314 e. The fourth-order valence-electron chi connectivity index (χ4n) is 3.82. The molecular formula is C14H22O3. The lowest BCUT2D eigenvalue weighted by atomic mass is 9.47. The number of methoxy groups -OCH3 is 1. The average molecular weight is 238 g/mol. The van der Waals surface area contributed by atoms with E-state index in [1.807, 2.05) is 19.9 Å². The molecule has 3 atom stereocenters. The van der Waals surface area contributed by atoms with Crippen molar-refractivity contribution in [2.75, 3.05) is 7.11 Å². The predicted octanol–water partition coefficient (Wildman–Crippen LogP) is 2.29. The zero-order valence-corrected chi connectivity index (χ0v) is 11.3. The summed E-state index contributed by atoms with van der Waals surface area (Å²) in [4.78, 5) is 12.0. The molecule has 0 amide bonds. The molecular weight excluding hydrogens is 216 g/mol. The highest BCUT2D eigenvalue weighted by atomic mass is 16.5. The van der Waals surface area contributed by atoms with Crippen molar-refractivity contribution in [3.05, 3.63) is 11.6 Å². The van der Waals surface area contributed by atoms with Gasteiger partial charge in [-0.15, -0.1) is 0 Å². The Morgan fingerprint density at radius 2 is 2.06 bits per heavy atom. The lowest BCUT2D eigenvalue weighted by Crippen LogP contribution is -2.62. The van der Waals surface area contributed by atoms with Crippen LogP contribution in [0.5, 0.6) is 0 Å². The second-order valence-corrected chi connectivity index (χ2v) is 6.56. The van der Waals surface area contributed by atoms with E-state index in [9.17, 15) is 9.90 Å². The van der Waals surface area contributed by atoms with Crippen LogP contribution in [0.25, 0.3) is 0 Å². The molecule has 1 saturated carbocycles.